The van der Waals surface area contributed by atoms with Crippen molar-refractivity contribution in [1.82, 2.24) is 10.3 Å². The predicted octanol–water partition coefficient (Wildman–Crippen LogP) is 2.69. The molecule has 0 aliphatic heterocycles. The van der Waals surface area contributed by atoms with E-state index < -0.39 is 0 Å². The van der Waals surface area contributed by atoms with Crippen LogP contribution >= 0.6 is 11.6 Å². The van der Waals surface area contributed by atoms with Gasteiger partial charge in [0.25, 0.3) is 0 Å². The van der Waals surface area contributed by atoms with Crippen molar-refractivity contribution in [1.29, 1.82) is 0 Å². The zero-order valence-electron chi connectivity index (χ0n) is 11.0. The Kier molecular flexibility index (Phi) is 6.56. The van der Waals surface area contributed by atoms with Gasteiger partial charge < -0.3 is 10.2 Å². The van der Waals surface area contributed by atoms with Crippen LogP contribution in [0.2, 0.25) is 5.02 Å². The predicted molar refractivity (Wildman–Crippen MR) is 78.0 cm³/mol. The van der Waals surface area contributed by atoms with Crippen molar-refractivity contribution in [3.63, 3.8) is 0 Å². The Bertz CT molecular complexity index is 412. The molecule has 18 heavy (non-hydrogen) atoms. The first-order chi connectivity index (χ1) is 8.72. The summed E-state index contributed by atoms with van der Waals surface area (Å²) < 4.78 is 0. The number of nitrogens with one attached hydrogen (secondary N) is 1. The van der Waals surface area contributed by atoms with Crippen LogP contribution in [0.25, 0.3) is 0 Å². The van der Waals surface area contributed by atoms with Crippen molar-refractivity contribution in [3.8, 4) is 12.3 Å². The molecular weight excluding hydrogens is 246 g/mol. The van der Waals surface area contributed by atoms with Gasteiger partial charge >= 0.3 is 0 Å². The smallest absolute Gasteiger partial charge is 0.129 e. The molecule has 0 aromatic carbocycles. The SMILES string of the molecule is C#CCN(CCC)c1cc(CNCC)c(Cl)cn1. The van der Waals surface area contributed by atoms with E-state index in [2.05, 4.69) is 35.0 Å². The molecule has 0 spiro atoms. The zero-order chi connectivity index (χ0) is 13.4. The Morgan fingerprint density at radius 3 is 2.89 bits per heavy atom. The Hall–Kier alpha value is -1.24. The van der Waals surface area contributed by atoms with Crippen LogP contribution in [0.15, 0.2) is 12.3 Å². The van der Waals surface area contributed by atoms with Crippen molar-refractivity contribution in [2.24, 2.45) is 0 Å². The van der Waals surface area contributed by atoms with Crippen molar-refractivity contribution >= 4 is 17.4 Å². The number of hydrogen-bond donors (Lipinski definition) is 1. The van der Waals surface area contributed by atoms with E-state index in [0.29, 0.717) is 11.6 Å². The van der Waals surface area contributed by atoms with E-state index in [1.807, 2.05) is 6.07 Å². The third-order valence-electron chi connectivity index (χ3n) is 2.59. The molecule has 1 aromatic heterocycles. The van der Waals surface area contributed by atoms with Gasteiger partial charge in [-0.1, -0.05) is 31.4 Å². The van der Waals surface area contributed by atoms with E-state index in [-0.39, 0.29) is 0 Å². The number of pyridine rings is 1. The summed E-state index contributed by atoms with van der Waals surface area (Å²) in [7, 11) is 0. The lowest BCUT2D eigenvalue weighted by molar-refractivity contribution is 0.724. The van der Waals surface area contributed by atoms with Gasteiger partial charge in [-0.15, -0.1) is 6.42 Å². The second kappa shape index (κ2) is 7.97. The Balaban J connectivity index is 2.90. The topological polar surface area (TPSA) is 28.2 Å². The van der Waals surface area contributed by atoms with Crippen LogP contribution in [0.5, 0.6) is 0 Å². The van der Waals surface area contributed by atoms with Crippen LogP contribution in [0, 0.1) is 12.3 Å². The number of halogens is 1. The number of nitrogens with zero attached hydrogens (tertiary/aromatic N) is 2. The molecule has 0 bridgehead atoms. The first-order valence-corrected chi connectivity index (χ1v) is 6.64. The highest BCUT2D eigenvalue weighted by atomic mass is 35.5. The molecule has 0 saturated carbocycles. The van der Waals surface area contributed by atoms with Crippen molar-refractivity contribution < 1.29 is 0 Å². The van der Waals surface area contributed by atoms with E-state index in [0.717, 1.165) is 37.4 Å². The van der Waals surface area contributed by atoms with Crippen LogP contribution < -0.4 is 10.2 Å². The molecule has 1 N–H and O–H groups in total. The molecule has 3 nitrogen and oxygen atoms in total. The van der Waals surface area contributed by atoms with E-state index in [1.165, 1.54) is 0 Å². The van der Waals surface area contributed by atoms with Crippen molar-refractivity contribution in [2.75, 3.05) is 24.5 Å². The van der Waals surface area contributed by atoms with Gasteiger partial charge in [-0.2, -0.15) is 0 Å². The minimum atomic E-state index is 0.573. The van der Waals surface area contributed by atoms with Gasteiger partial charge in [0.05, 0.1) is 11.6 Å². The van der Waals surface area contributed by atoms with E-state index >= 15 is 0 Å². The van der Waals surface area contributed by atoms with Gasteiger partial charge in [-0.3, -0.25) is 0 Å². The molecule has 98 valence electrons. The van der Waals surface area contributed by atoms with Crippen molar-refractivity contribution in [3.05, 3.63) is 22.8 Å². The standard InChI is InChI=1S/C14H20ClN3/c1-4-7-18(8-5-2)14-9-12(10-16-6-3)13(15)11-17-14/h1,9,11,16H,5-8,10H2,2-3H3. The lowest BCUT2D eigenvalue weighted by Crippen LogP contribution is -2.25. The van der Waals surface area contributed by atoms with E-state index in [4.69, 9.17) is 18.0 Å². The summed E-state index contributed by atoms with van der Waals surface area (Å²) in [6.45, 7) is 7.33. The summed E-state index contributed by atoms with van der Waals surface area (Å²) in [6, 6.07) is 2.01. The lowest BCUT2D eigenvalue weighted by atomic mass is 10.2. The first-order valence-electron chi connectivity index (χ1n) is 6.26. The Morgan fingerprint density at radius 2 is 2.28 bits per heavy atom. The van der Waals surface area contributed by atoms with Gasteiger partial charge in [0.15, 0.2) is 0 Å². The average molecular weight is 266 g/mol. The minimum absolute atomic E-state index is 0.573. The molecule has 1 heterocycles. The van der Waals surface area contributed by atoms with Crippen LogP contribution in [-0.2, 0) is 6.54 Å². The van der Waals surface area contributed by atoms with Gasteiger partial charge in [0.2, 0.25) is 0 Å². The highest BCUT2D eigenvalue weighted by Gasteiger charge is 2.08. The molecule has 0 aliphatic rings. The van der Waals surface area contributed by atoms with Crippen LogP contribution in [0.1, 0.15) is 25.8 Å². The second-order valence-corrected chi connectivity index (χ2v) is 4.45. The van der Waals surface area contributed by atoms with E-state index in [1.54, 1.807) is 6.20 Å². The van der Waals surface area contributed by atoms with Gasteiger partial charge in [0.1, 0.15) is 5.82 Å². The number of terminal acetylenes is 1. The Labute approximate surface area is 115 Å². The normalized spacial score (nSPS) is 10.1. The first kappa shape index (κ1) is 14.8. The molecule has 4 heteroatoms. The minimum Gasteiger partial charge on any atom is -0.345 e. The summed E-state index contributed by atoms with van der Waals surface area (Å²) >= 11 is 6.13. The molecule has 0 amide bonds. The number of aromatic nitrogens is 1. The highest BCUT2D eigenvalue weighted by Crippen LogP contribution is 2.20. The third-order valence-corrected chi connectivity index (χ3v) is 2.93. The van der Waals surface area contributed by atoms with Gasteiger partial charge in [-0.05, 0) is 24.6 Å². The fraction of sp³-hybridized carbons (Fsp3) is 0.500. The molecule has 0 aliphatic carbocycles. The van der Waals surface area contributed by atoms with Gasteiger partial charge in [0, 0.05) is 19.3 Å². The molecule has 0 radical (unpaired) electrons. The molecule has 1 rings (SSSR count). The molecule has 1 aromatic rings. The monoisotopic (exact) mass is 265 g/mol. The molecular formula is C14H20ClN3. The summed E-state index contributed by atoms with van der Waals surface area (Å²) in [6.07, 6.45) is 8.12. The lowest BCUT2D eigenvalue weighted by Gasteiger charge is -2.21. The number of hydrogen-bond acceptors (Lipinski definition) is 3. The number of anilines is 1. The van der Waals surface area contributed by atoms with Crippen LogP contribution in [0.3, 0.4) is 0 Å². The third kappa shape index (κ3) is 4.21. The highest BCUT2D eigenvalue weighted by molar-refractivity contribution is 6.31. The van der Waals surface area contributed by atoms with Gasteiger partial charge in [-0.25, -0.2) is 4.98 Å². The quantitative estimate of drug-likeness (QED) is 0.769. The van der Waals surface area contributed by atoms with E-state index in [9.17, 15) is 0 Å². The van der Waals surface area contributed by atoms with Crippen molar-refractivity contribution in [2.45, 2.75) is 26.8 Å². The summed E-state index contributed by atoms with van der Waals surface area (Å²) in [5.74, 6) is 3.56. The summed E-state index contributed by atoms with van der Waals surface area (Å²) in [5.41, 5.74) is 1.06. The molecule has 0 saturated heterocycles. The largest absolute Gasteiger partial charge is 0.345 e. The average Bonchev–Trinajstić information content (AvgIpc) is 2.38. The maximum Gasteiger partial charge on any atom is 0.129 e. The number of rotatable bonds is 7. The summed E-state index contributed by atoms with van der Waals surface area (Å²) in [4.78, 5) is 6.44. The second-order valence-electron chi connectivity index (χ2n) is 4.04. The fourth-order valence-electron chi connectivity index (χ4n) is 1.69. The fourth-order valence-corrected chi connectivity index (χ4v) is 1.86. The van der Waals surface area contributed by atoms with Crippen LogP contribution in [-0.4, -0.2) is 24.6 Å². The Morgan fingerprint density at radius 1 is 1.50 bits per heavy atom. The maximum atomic E-state index is 6.13. The zero-order valence-corrected chi connectivity index (χ0v) is 11.8. The summed E-state index contributed by atoms with van der Waals surface area (Å²) in [5, 5.41) is 3.96. The molecule has 0 unspecified atom stereocenters. The van der Waals surface area contributed by atoms with Crippen LogP contribution in [0.4, 0.5) is 5.82 Å². The molecule has 0 fully saturated rings. The molecule has 0 atom stereocenters. The maximum absolute atomic E-state index is 6.13.